The Hall–Kier alpha value is -1.89. The standard InChI is InChI=1S/C15H18O.2C2H6/c1-5-9-13(7-3)11-12-15(16)14(8-4)10-6-2;2*1-2/h5-12H,1,3H2,2,4H3;2*1-2H3/b10-6-,12-11+,13-9+,14-8+;;. The molecule has 0 fully saturated rings. The van der Waals surface area contributed by atoms with E-state index in [0.29, 0.717) is 5.57 Å². The fourth-order valence-corrected chi connectivity index (χ4v) is 1.10. The molecule has 0 amide bonds. The molecule has 0 aliphatic heterocycles. The van der Waals surface area contributed by atoms with Crippen molar-refractivity contribution in [1.29, 1.82) is 0 Å². The van der Waals surface area contributed by atoms with E-state index in [9.17, 15) is 4.79 Å². The van der Waals surface area contributed by atoms with Gasteiger partial charge in [0.15, 0.2) is 5.78 Å². The van der Waals surface area contributed by atoms with E-state index in [0.717, 1.165) is 5.57 Å². The molecule has 0 aliphatic rings. The molecule has 0 aliphatic carbocycles. The van der Waals surface area contributed by atoms with E-state index in [1.54, 1.807) is 36.5 Å². The Morgan fingerprint density at radius 1 is 0.900 bits per heavy atom. The number of rotatable bonds is 6. The van der Waals surface area contributed by atoms with Crippen molar-refractivity contribution < 1.29 is 4.79 Å². The van der Waals surface area contributed by atoms with Gasteiger partial charge < -0.3 is 0 Å². The molecule has 0 bridgehead atoms. The van der Waals surface area contributed by atoms with Gasteiger partial charge in [0.1, 0.15) is 0 Å². The molecule has 0 rings (SSSR count). The van der Waals surface area contributed by atoms with E-state index >= 15 is 0 Å². The molecule has 0 N–H and O–H groups in total. The molecular weight excluding hydrogens is 244 g/mol. The van der Waals surface area contributed by atoms with Gasteiger partial charge in [-0.2, -0.15) is 0 Å². The van der Waals surface area contributed by atoms with Gasteiger partial charge in [0.25, 0.3) is 0 Å². The molecule has 0 aromatic heterocycles. The van der Waals surface area contributed by atoms with Crippen LogP contribution in [0.3, 0.4) is 0 Å². The van der Waals surface area contributed by atoms with E-state index in [2.05, 4.69) is 13.2 Å². The van der Waals surface area contributed by atoms with E-state index in [1.807, 2.05) is 47.6 Å². The van der Waals surface area contributed by atoms with Gasteiger partial charge in [0.2, 0.25) is 0 Å². The highest BCUT2D eigenvalue weighted by Crippen LogP contribution is 2.04. The van der Waals surface area contributed by atoms with Crippen LogP contribution in [0.25, 0.3) is 0 Å². The molecule has 0 aromatic carbocycles. The predicted molar refractivity (Wildman–Crippen MR) is 93.9 cm³/mol. The normalized spacial score (nSPS) is 11.3. The molecule has 0 spiro atoms. The van der Waals surface area contributed by atoms with Crippen LogP contribution in [0.4, 0.5) is 0 Å². The van der Waals surface area contributed by atoms with Crippen molar-refractivity contribution in [2.45, 2.75) is 41.5 Å². The Labute approximate surface area is 125 Å². The molecule has 20 heavy (non-hydrogen) atoms. The van der Waals surface area contributed by atoms with E-state index < -0.39 is 0 Å². The third kappa shape index (κ3) is 12.6. The summed E-state index contributed by atoms with van der Waals surface area (Å²) < 4.78 is 0. The molecular formula is C19H30O. The molecule has 0 aromatic rings. The third-order valence-corrected chi connectivity index (χ3v) is 1.91. The van der Waals surface area contributed by atoms with Crippen molar-refractivity contribution in [1.82, 2.24) is 0 Å². The maximum Gasteiger partial charge on any atom is 0.185 e. The minimum atomic E-state index is -0.0163. The van der Waals surface area contributed by atoms with Gasteiger partial charge in [0.05, 0.1) is 0 Å². The first-order valence-corrected chi connectivity index (χ1v) is 7.16. The average Bonchev–Trinajstić information content (AvgIpc) is 2.52. The Morgan fingerprint density at radius 2 is 1.45 bits per heavy atom. The van der Waals surface area contributed by atoms with Crippen molar-refractivity contribution in [3.05, 3.63) is 72.9 Å². The van der Waals surface area contributed by atoms with E-state index in [-0.39, 0.29) is 5.78 Å². The summed E-state index contributed by atoms with van der Waals surface area (Å²) in [6.45, 7) is 19.0. The van der Waals surface area contributed by atoms with Crippen LogP contribution in [0.1, 0.15) is 41.5 Å². The molecule has 1 heteroatoms. The van der Waals surface area contributed by atoms with Gasteiger partial charge in [-0.05, 0) is 25.5 Å². The van der Waals surface area contributed by atoms with Gasteiger partial charge in [-0.1, -0.05) is 83.4 Å². The number of carbonyl (C=O) groups is 1. The second-order valence-electron chi connectivity index (χ2n) is 3.05. The summed E-state index contributed by atoms with van der Waals surface area (Å²) in [6.07, 6.45) is 13.8. The molecule has 1 nitrogen and oxygen atoms in total. The number of ketones is 1. The van der Waals surface area contributed by atoms with Gasteiger partial charge in [-0.25, -0.2) is 0 Å². The Balaban J connectivity index is -0.000000656. The summed E-state index contributed by atoms with van der Waals surface area (Å²) >= 11 is 0. The lowest BCUT2D eigenvalue weighted by molar-refractivity contribution is -0.111. The molecule has 0 heterocycles. The van der Waals surface area contributed by atoms with Crippen molar-refractivity contribution >= 4 is 5.78 Å². The zero-order valence-electron chi connectivity index (χ0n) is 13.9. The van der Waals surface area contributed by atoms with Gasteiger partial charge >= 0.3 is 0 Å². The molecule has 0 saturated carbocycles. The highest BCUT2D eigenvalue weighted by atomic mass is 16.1. The highest BCUT2D eigenvalue weighted by Gasteiger charge is 1.99. The van der Waals surface area contributed by atoms with Crippen LogP contribution < -0.4 is 0 Å². The molecule has 112 valence electrons. The molecule has 0 unspecified atom stereocenters. The topological polar surface area (TPSA) is 17.1 Å². The fraction of sp³-hybridized carbons (Fsp3) is 0.316. The van der Waals surface area contributed by atoms with Gasteiger partial charge in [-0.15, -0.1) is 0 Å². The molecule has 0 saturated heterocycles. The summed E-state index contributed by atoms with van der Waals surface area (Å²) in [5.74, 6) is -0.0163. The van der Waals surface area contributed by atoms with Crippen LogP contribution in [0.2, 0.25) is 0 Å². The van der Waals surface area contributed by atoms with Crippen LogP contribution in [0.15, 0.2) is 72.9 Å². The largest absolute Gasteiger partial charge is 0.289 e. The maximum atomic E-state index is 11.7. The lowest BCUT2D eigenvalue weighted by Crippen LogP contribution is -1.95. The summed E-state index contributed by atoms with van der Waals surface area (Å²) in [6, 6.07) is 0. The van der Waals surface area contributed by atoms with Crippen molar-refractivity contribution in [2.24, 2.45) is 0 Å². The Bertz CT molecular complexity index is 377. The average molecular weight is 274 g/mol. The monoisotopic (exact) mass is 274 g/mol. The number of hydrogen-bond donors (Lipinski definition) is 0. The van der Waals surface area contributed by atoms with Crippen molar-refractivity contribution in [2.75, 3.05) is 0 Å². The van der Waals surface area contributed by atoms with Crippen LogP contribution in [0, 0.1) is 0 Å². The first kappa shape index (κ1) is 23.2. The highest BCUT2D eigenvalue weighted by molar-refractivity contribution is 6.06. The van der Waals surface area contributed by atoms with Crippen molar-refractivity contribution in [3.63, 3.8) is 0 Å². The van der Waals surface area contributed by atoms with E-state index in [1.165, 1.54) is 6.08 Å². The first-order chi connectivity index (χ1) is 9.69. The summed E-state index contributed by atoms with van der Waals surface area (Å²) in [4.78, 5) is 11.7. The van der Waals surface area contributed by atoms with Crippen LogP contribution in [0.5, 0.6) is 0 Å². The van der Waals surface area contributed by atoms with E-state index in [4.69, 9.17) is 0 Å². The number of carbonyl (C=O) groups excluding carboxylic acids is 1. The Kier molecular flexibility index (Phi) is 22.6. The third-order valence-electron chi connectivity index (χ3n) is 1.91. The van der Waals surface area contributed by atoms with Gasteiger partial charge in [0, 0.05) is 5.57 Å². The van der Waals surface area contributed by atoms with Crippen molar-refractivity contribution in [3.8, 4) is 0 Å². The number of allylic oxidation sites excluding steroid dienone is 10. The summed E-state index contributed by atoms with van der Waals surface area (Å²) in [5.41, 5.74) is 1.54. The second kappa shape index (κ2) is 19.4. The Morgan fingerprint density at radius 3 is 1.80 bits per heavy atom. The van der Waals surface area contributed by atoms with Crippen LogP contribution in [-0.4, -0.2) is 5.78 Å². The quantitative estimate of drug-likeness (QED) is 0.430. The van der Waals surface area contributed by atoms with Crippen LogP contribution >= 0.6 is 0 Å². The molecule has 0 atom stereocenters. The lowest BCUT2D eigenvalue weighted by Gasteiger charge is -1.95. The van der Waals surface area contributed by atoms with Gasteiger partial charge in [-0.3, -0.25) is 4.79 Å². The smallest absolute Gasteiger partial charge is 0.185 e. The zero-order valence-corrected chi connectivity index (χ0v) is 13.9. The lowest BCUT2D eigenvalue weighted by atomic mass is 10.1. The van der Waals surface area contributed by atoms with Crippen LogP contribution in [-0.2, 0) is 4.79 Å². The maximum absolute atomic E-state index is 11.7. The minimum absolute atomic E-state index is 0.0163. The first-order valence-electron chi connectivity index (χ1n) is 7.16. The fourth-order valence-electron chi connectivity index (χ4n) is 1.10. The summed E-state index contributed by atoms with van der Waals surface area (Å²) in [5, 5.41) is 0. The predicted octanol–water partition coefficient (Wildman–Crippen LogP) is 5.98. The SMILES string of the molecule is C=C/C=C(C=C)/C=C/C(=O)C(/C=C\C)=C/C.CC.CC. The second-order valence-corrected chi connectivity index (χ2v) is 3.05. The summed E-state index contributed by atoms with van der Waals surface area (Å²) in [7, 11) is 0. The number of hydrogen-bond acceptors (Lipinski definition) is 1. The zero-order chi connectivity index (χ0) is 16.4. The molecule has 0 radical (unpaired) electrons. The minimum Gasteiger partial charge on any atom is -0.289 e.